The fourth-order valence-corrected chi connectivity index (χ4v) is 6.25. The van der Waals surface area contributed by atoms with Gasteiger partial charge >= 0.3 is 0 Å². The van der Waals surface area contributed by atoms with Crippen molar-refractivity contribution in [1.29, 1.82) is 0 Å². The average Bonchev–Trinajstić information content (AvgIpc) is 3.54. The van der Waals surface area contributed by atoms with E-state index in [9.17, 15) is 0 Å². The maximum Gasteiger partial charge on any atom is 0.194 e. The van der Waals surface area contributed by atoms with Crippen LogP contribution in [0.5, 0.6) is 0 Å². The molecule has 2 heterocycles. The summed E-state index contributed by atoms with van der Waals surface area (Å²) in [5, 5.41) is 4.97. The van der Waals surface area contributed by atoms with Crippen molar-refractivity contribution in [3.05, 3.63) is 151 Å². The fraction of sp³-hybridized carbons (Fsp3) is 0. The lowest BCUT2D eigenvalue weighted by atomic mass is 10.0. The molecule has 0 atom stereocenters. The number of hydrogen-bond donors (Lipinski definition) is 0. The Labute approximate surface area is 231 Å². The second-order valence-corrected chi connectivity index (χ2v) is 10.1. The molecule has 0 bridgehead atoms. The fourth-order valence-electron chi connectivity index (χ4n) is 6.25. The zero-order valence-electron chi connectivity index (χ0n) is 21.6. The molecule has 0 aliphatic heterocycles. The van der Waals surface area contributed by atoms with Gasteiger partial charge in [0.2, 0.25) is 0 Å². The van der Waals surface area contributed by atoms with Crippen LogP contribution in [0.2, 0.25) is 0 Å². The summed E-state index contributed by atoms with van der Waals surface area (Å²) in [6.45, 7) is 7.57. The van der Waals surface area contributed by atoms with Gasteiger partial charge in [-0.15, -0.1) is 0 Å². The van der Waals surface area contributed by atoms with Crippen LogP contribution in [0.4, 0.5) is 5.69 Å². The third kappa shape index (κ3) is 3.17. The number of para-hydroxylation sites is 4. The highest BCUT2D eigenvalue weighted by Gasteiger charge is 2.19. The highest BCUT2D eigenvalue weighted by molar-refractivity contribution is 6.16. The molecule has 3 nitrogen and oxygen atoms in total. The molecule has 0 radical (unpaired) electrons. The van der Waals surface area contributed by atoms with Gasteiger partial charge in [-0.3, -0.25) is 0 Å². The molecule has 2 aromatic heterocycles. The van der Waals surface area contributed by atoms with E-state index in [0.717, 1.165) is 22.3 Å². The van der Waals surface area contributed by atoms with E-state index in [-0.39, 0.29) is 0 Å². The SMILES string of the molecule is [C-]#[N+]c1ccccc1-c1ccc(-n2c3ccccc3c3c(-n4c5ccccc5c5ccccc54)cccc32)cc1. The molecule has 0 spiro atoms. The average molecular weight is 510 g/mol. The first-order chi connectivity index (χ1) is 19.8. The largest absolute Gasteiger partial charge is 0.309 e. The van der Waals surface area contributed by atoms with E-state index >= 15 is 0 Å². The molecule has 0 aliphatic carbocycles. The van der Waals surface area contributed by atoms with Gasteiger partial charge in [0.05, 0.1) is 34.3 Å². The lowest BCUT2D eigenvalue weighted by Crippen LogP contribution is -1.96. The van der Waals surface area contributed by atoms with Crippen molar-refractivity contribution < 1.29 is 0 Å². The van der Waals surface area contributed by atoms with Crippen LogP contribution in [0.3, 0.4) is 0 Å². The maximum atomic E-state index is 7.57. The smallest absolute Gasteiger partial charge is 0.194 e. The summed E-state index contributed by atoms with van der Waals surface area (Å²) in [6.07, 6.45) is 0. The molecule has 0 unspecified atom stereocenters. The zero-order valence-corrected chi connectivity index (χ0v) is 21.6. The molecule has 0 N–H and O–H groups in total. The van der Waals surface area contributed by atoms with Gasteiger partial charge in [0.15, 0.2) is 5.69 Å². The molecule has 40 heavy (non-hydrogen) atoms. The molecule has 0 aliphatic rings. The summed E-state index contributed by atoms with van der Waals surface area (Å²) in [7, 11) is 0. The maximum absolute atomic E-state index is 7.57. The van der Waals surface area contributed by atoms with Crippen LogP contribution in [0, 0.1) is 6.57 Å². The van der Waals surface area contributed by atoms with Crippen molar-refractivity contribution in [3.63, 3.8) is 0 Å². The Bertz CT molecular complexity index is 2220. The van der Waals surface area contributed by atoms with E-state index in [1.165, 1.54) is 43.8 Å². The van der Waals surface area contributed by atoms with Crippen molar-refractivity contribution in [2.24, 2.45) is 0 Å². The Morgan fingerprint density at radius 3 is 1.68 bits per heavy atom. The molecular formula is C37H23N3. The lowest BCUT2D eigenvalue weighted by Gasteiger charge is -2.12. The minimum atomic E-state index is 0.669. The van der Waals surface area contributed by atoms with Crippen molar-refractivity contribution in [2.75, 3.05) is 0 Å². The summed E-state index contributed by atoms with van der Waals surface area (Å²) >= 11 is 0. The number of benzene rings is 6. The summed E-state index contributed by atoms with van der Waals surface area (Å²) in [4.78, 5) is 3.72. The molecule has 8 rings (SSSR count). The van der Waals surface area contributed by atoms with E-state index < -0.39 is 0 Å². The number of hydrogen-bond acceptors (Lipinski definition) is 0. The van der Waals surface area contributed by atoms with E-state index in [4.69, 9.17) is 6.57 Å². The third-order valence-corrected chi connectivity index (χ3v) is 7.96. The van der Waals surface area contributed by atoms with Crippen LogP contribution in [0.25, 0.3) is 71.0 Å². The minimum absolute atomic E-state index is 0.669. The van der Waals surface area contributed by atoms with Gasteiger partial charge < -0.3 is 9.13 Å². The molecule has 3 heteroatoms. The number of aromatic nitrogens is 2. The Balaban J connectivity index is 1.41. The van der Waals surface area contributed by atoms with Crippen LogP contribution >= 0.6 is 0 Å². The van der Waals surface area contributed by atoms with Crippen molar-refractivity contribution in [1.82, 2.24) is 9.13 Å². The molecule has 0 saturated carbocycles. The Morgan fingerprint density at radius 2 is 1.00 bits per heavy atom. The van der Waals surface area contributed by atoms with E-state index in [1.807, 2.05) is 24.3 Å². The van der Waals surface area contributed by atoms with Crippen LogP contribution in [-0.4, -0.2) is 9.13 Å². The topological polar surface area (TPSA) is 14.2 Å². The van der Waals surface area contributed by atoms with Gasteiger partial charge in [-0.1, -0.05) is 97.1 Å². The Hall–Kier alpha value is -5.59. The van der Waals surface area contributed by atoms with Gasteiger partial charge in [-0.25, -0.2) is 4.85 Å². The first-order valence-electron chi connectivity index (χ1n) is 13.4. The van der Waals surface area contributed by atoms with E-state index in [1.54, 1.807) is 0 Å². The van der Waals surface area contributed by atoms with Gasteiger partial charge in [-0.05, 0) is 53.6 Å². The molecule has 6 aromatic carbocycles. The quantitative estimate of drug-likeness (QED) is 0.210. The highest BCUT2D eigenvalue weighted by Crippen LogP contribution is 2.40. The molecular weight excluding hydrogens is 486 g/mol. The number of rotatable bonds is 3. The molecule has 8 aromatic rings. The van der Waals surface area contributed by atoms with Crippen LogP contribution < -0.4 is 0 Å². The minimum Gasteiger partial charge on any atom is -0.309 e. The second kappa shape index (κ2) is 8.73. The highest BCUT2D eigenvalue weighted by atomic mass is 15.0. The number of fused-ring (bicyclic) bond motifs is 6. The first kappa shape index (κ1) is 22.4. The van der Waals surface area contributed by atoms with Gasteiger partial charge in [0.1, 0.15) is 0 Å². The first-order valence-corrected chi connectivity index (χ1v) is 13.4. The van der Waals surface area contributed by atoms with E-state index in [2.05, 4.69) is 129 Å². The number of nitrogens with zero attached hydrogens (tertiary/aromatic N) is 3. The summed E-state index contributed by atoms with van der Waals surface area (Å²) in [6, 6.07) is 49.0. The normalized spacial score (nSPS) is 11.5. The predicted molar refractivity (Wildman–Crippen MR) is 167 cm³/mol. The molecule has 186 valence electrons. The summed E-state index contributed by atoms with van der Waals surface area (Å²) < 4.78 is 4.76. The van der Waals surface area contributed by atoms with Gasteiger partial charge in [0.25, 0.3) is 0 Å². The van der Waals surface area contributed by atoms with Gasteiger partial charge in [-0.2, -0.15) is 0 Å². The van der Waals surface area contributed by atoms with Crippen LogP contribution in [0.1, 0.15) is 0 Å². The van der Waals surface area contributed by atoms with Crippen molar-refractivity contribution >= 4 is 49.3 Å². The van der Waals surface area contributed by atoms with Crippen molar-refractivity contribution in [2.45, 2.75) is 0 Å². The van der Waals surface area contributed by atoms with Gasteiger partial charge in [0, 0.05) is 27.2 Å². The Kier molecular flexibility index (Phi) is 4.89. The monoisotopic (exact) mass is 509 g/mol. The summed E-state index contributed by atoms with van der Waals surface area (Å²) in [5.74, 6) is 0. The second-order valence-electron chi connectivity index (χ2n) is 10.1. The third-order valence-electron chi connectivity index (χ3n) is 7.96. The zero-order chi connectivity index (χ0) is 26.6. The van der Waals surface area contributed by atoms with E-state index in [0.29, 0.717) is 5.69 Å². The van der Waals surface area contributed by atoms with Crippen LogP contribution in [-0.2, 0) is 0 Å². The standard InChI is InChI=1S/C37H23N3/c1-38-31-15-6-2-11-27(31)25-21-23-26(24-22-25)39-34-18-9-5-14-30(34)37-35(39)19-10-20-36(37)40-32-16-7-3-12-28(32)29-13-4-8-17-33(29)40/h2-24H. The van der Waals surface area contributed by atoms with Crippen LogP contribution in [0.15, 0.2) is 140 Å². The lowest BCUT2D eigenvalue weighted by molar-refractivity contribution is 1.17. The predicted octanol–water partition coefficient (Wildman–Crippen LogP) is 10.1. The molecule has 0 fully saturated rings. The molecule has 0 amide bonds. The Morgan fingerprint density at radius 1 is 0.450 bits per heavy atom. The molecule has 0 saturated heterocycles. The van der Waals surface area contributed by atoms with Crippen molar-refractivity contribution in [3.8, 4) is 22.5 Å². The summed E-state index contributed by atoms with van der Waals surface area (Å²) in [5.41, 5.74) is 9.67.